The third-order valence-corrected chi connectivity index (χ3v) is 3.60. The number of methoxy groups -OCH3 is 1. The van der Waals surface area contributed by atoms with Gasteiger partial charge in [0.15, 0.2) is 0 Å². The van der Waals surface area contributed by atoms with Crippen molar-refractivity contribution in [3.63, 3.8) is 0 Å². The zero-order valence-corrected chi connectivity index (χ0v) is 11.7. The van der Waals surface area contributed by atoms with Crippen LogP contribution in [0.1, 0.15) is 24.1 Å². The Morgan fingerprint density at radius 1 is 1.38 bits per heavy atom. The summed E-state index contributed by atoms with van der Waals surface area (Å²) in [6.07, 6.45) is -2.87. The summed E-state index contributed by atoms with van der Waals surface area (Å²) in [4.78, 5) is 5.41. The molecule has 0 aromatic carbocycles. The molecule has 1 aromatic rings. The van der Waals surface area contributed by atoms with Gasteiger partial charge in [0.05, 0.1) is 5.56 Å². The van der Waals surface area contributed by atoms with Crippen molar-refractivity contribution in [3.05, 3.63) is 23.4 Å². The second-order valence-corrected chi connectivity index (χ2v) is 5.06. The van der Waals surface area contributed by atoms with Crippen LogP contribution < -0.4 is 4.90 Å². The van der Waals surface area contributed by atoms with Crippen LogP contribution in [0.5, 0.6) is 0 Å². The summed E-state index contributed by atoms with van der Waals surface area (Å²) in [5.41, 5.74) is -0.788. The van der Waals surface area contributed by atoms with Gasteiger partial charge in [0, 0.05) is 26.8 Å². The second-order valence-electron chi connectivity index (χ2n) is 5.06. The number of piperidine rings is 1. The molecule has 7 heteroatoms. The fraction of sp³-hybridized carbons (Fsp3) is 0.571. The number of aromatic nitrogens is 1. The van der Waals surface area contributed by atoms with Crippen LogP contribution in [0.25, 0.3) is 0 Å². The highest BCUT2D eigenvalue weighted by molar-refractivity contribution is 5.54. The van der Waals surface area contributed by atoms with Gasteiger partial charge in [-0.3, -0.25) is 0 Å². The van der Waals surface area contributed by atoms with E-state index in [0.29, 0.717) is 25.6 Å². The Balaban J connectivity index is 2.21. The fourth-order valence-corrected chi connectivity index (χ4v) is 2.48. The molecule has 2 rings (SSSR count). The van der Waals surface area contributed by atoms with E-state index < -0.39 is 11.9 Å². The summed E-state index contributed by atoms with van der Waals surface area (Å²) in [5, 5.41) is 9.06. The first-order chi connectivity index (χ1) is 9.95. The Hall–Kier alpha value is -1.81. The topological polar surface area (TPSA) is 49.1 Å². The first-order valence-electron chi connectivity index (χ1n) is 6.68. The molecule has 0 aliphatic carbocycles. The van der Waals surface area contributed by atoms with Gasteiger partial charge in [0.1, 0.15) is 17.6 Å². The third kappa shape index (κ3) is 3.64. The Bertz CT molecular complexity index is 531. The summed E-state index contributed by atoms with van der Waals surface area (Å²) >= 11 is 0. The molecule has 0 unspecified atom stereocenters. The molecule has 0 amide bonds. The highest BCUT2D eigenvalue weighted by Gasteiger charge is 2.34. The zero-order chi connectivity index (χ0) is 15.5. The van der Waals surface area contributed by atoms with Crippen molar-refractivity contribution in [2.75, 3.05) is 31.7 Å². The zero-order valence-electron chi connectivity index (χ0n) is 11.7. The number of rotatable bonds is 3. The summed E-state index contributed by atoms with van der Waals surface area (Å²) in [7, 11) is 1.63. The molecule has 4 nitrogen and oxygen atoms in total. The number of alkyl halides is 3. The quantitative estimate of drug-likeness (QED) is 0.861. The predicted molar refractivity (Wildman–Crippen MR) is 70.8 cm³/mol. The minimum atomic E-state index is -4.50. The van der Waals surface area contributed by atoms with Gasteiger partial charge in [-0.15, -0.1) is 0 Å². The minimum Gasteiger partial charge on any atom is -0.384 e. The second kappa shape index (κ2) is 6.31. The monoisotopic (exact) mass is 299 g/mol. The van der Waals surface area contributed by atoms with Crippen LogP contribution in [0.15, 0.2) is 12.1 Å². The van der Waals surface area contributed by atoms with Crippen molar-refractivity contribution in [2.24, 2.45) is 5.92 Å². The average Bonchev–Trinajstić information content (AvgIpc) is 2.47. The molecule has 0 spiro atoms. The van der Waals surface area contributed by atoms with Crippen molar-refractivity contribution >= 4 is 5.82 Å². The van der Waals surface area contributed by atoms with Gasteiger partial charge in [-0.05, 0) is 30.9 Å². The van der Waals surface area contributed by atoms with Gasteiger partial charge in [-0.2, -0.15) is 18.4 Å². The third-order valence-electron chi connectivity index (χ3n) is 3.60. The Labute approximate surface area is 121 Å². The van der Waals surface area contributed by atoms with Crippen LogP contribution in [0.2, 0.25) is 0 Å². The normalized spacial score (nSPS) is 16.8. The van der Waals surface area contributed by atoms with E-state index in [1.807, 2.05) is 6.07 Å². The number of pyridine rings is 1. The van der Waals surface area contributed by atoms with Gasteiger partial charge in [-0.1, -0.05) is 0 Å². The summed E-state index contributed by atoms with van der Waals surface area (Å²) in [6.45, 7) is 1.81. The lowest BCUT2D eigenvalue weighted by molar-refractivity contribution is -0.141. The largest absolute Gasteiger partial charge is 0.433 e. The Morgan fingerprint density at radius 3 is 2.57 bits per heavy atom. The van der Waals surface area contributed by atoms with E-state index in [0.717, 1.165) is 18.9 Å². The smallest absolute Gasteiger partial charge is 0.384 e. The van der Waals surface area contributed by atoms with Gasteiger partial charge in [-0.25, -0.2) is 4.98 Å². The molecule has 21 heavy (non-hydrogen) atoms. The predicted octanol–water partition coefficient (Wildman–Crippen LogP) is 2.83. The number of hydrogen-bond acceptors (Lipinski definition) is 4. The first kappa shape index (κ1) is 15.6. The molecule has 1 saturated heterocycles. The molecule has 0 saturated carbocycles. The summed E-state index contributed by atoms with van der Waals surface area (Å²) in [5.74, 6) is 0.533. The van der Waals surface area contributed by atoms with Crippen molar-refractivity contribution in [1.82, 2.24) is 4.98 Å². The highest BCUT2D eigenvalue weighted by Crippen LogP contribution is 2.31. The number of ether oxygens (including phenoxy) is 1. The Morgan fingerprint density at radius 2 is 2.05 bits per heavy atom. The van der Waals surface area contributed by atoms with E-state index in [1.165, 1.54) is 6.07 Å². The molecule has 1 aliphatic heterocycles. The average molecular weight is 299 g/mol. The molecule has 0 bridgehead atoms. The number of hydrogen-bond donors (Lipinski definition) is 0. The van der Waals surface area contributed by atoms with E-state index >= 15 is 0 Å². The standard InChI is InChI=1S/C14H16F3N3O/c1-21-9-10-4-6-20(7-5-10)13-11(8-18)2-3-12(19-13)14(15,16)17/h2-3,10H,4-7,9H2,1H3. The molecule has 1 aromatic heterocycles. The van der Waals surface area contributed by atoms with Gasteiger partial charge in [0.2, 0.25) is 0 Å². The van der Waals surface area contributed by atoms with E-state index in [-0.39, 0.29) is 11.4 Å². The highest BCUT2D eigenvalue weighted by atomic mass is 19.4. The van der Waals surface area contributed by atoms with Crippen molar-refractivity contribution in [1.29, 1.82) is 5.26 Å². The lowest BCUT2D eigenvalue weighted by atomic mass is 9.97. The van der Waals surface area contributed by atoms with Gasteiger partial charge < -0.3 is 9.64 Å². The summed E-state index contributed by atoms with van der Waals surface area (Å²) in [6, 6.07) is 3.95. The molecular formula is C14H16F3N3O. The van der Waals surface area contributed by atoms with Crippen LogP contribution in [0.4, 0.5) is 19.0 Å². The van der Waals surface area contributed by atoms with Crippen LogP contribution in [0.3, 0.4) is 0 Å². The van der Waals surface area contributed by atoms with Crippen molar-refractivity contribution in [3.8, 4) is 6.07 Å². The molecule has 114 valence electrons. The number of nitriles is 1. The first-order valence-corrected chi connectivity index (χ1v) is 6.68. The number of nitrogens with zero attached hydrogens (tertiary/aromatic N) is 3. The SMILES string of the molecule is COCC1CCN(c2nc(C(F)(F)F)ccc2C#N)CC1. The van der Waals surface area contributed by atoms with E-state index in [4.69, 9.17) is 10.00 Å². The maximum atomic E-state index is 12.8. The van der Waals surface area contributed by atoms with E-state index in [2.05, 4.69) is 4.98 Å². The molecule has 1 fully saturated rings. The number of halogens is 3. The van der Waals surface area contributed by atoms with E-state index in [9.17, 15) is 13.2 Å². The van der Waals surface area contributed by atoms with Crippen molar-refractivity contribution in [2.45, 2.75) is 19.0 Å². The van der Waals surface area contributed by atoms with Gasteiger partial charge >= 0.3 is 6.18 Å². The lowest BCUT2D eigenvalue weighted by Gasteiger charge is -2.33. The fourth-order valence-electron chi connectivity index (χ4n) is 2.48. The minimum absolute atomic E-state index is 0.128. The Kier molecular flexibility index (Phi) is 4.68. The maximum absolute atomic E-state index is 12.8. The maximum Gasteiger partial charge on any atom is 0.433 e. The molecule has 1 aliphatic rings. The molecule has 2 heterocycles. The summed E-state index contributed by atoms with van der Waals surface area (Å²) < 4.78 is 43.4. The lowest BCUT2D eigenvalue weighted by Crippen LogP contribution is -2.36. The number of anilines is 1. The van der Waals surface area contributed by atoms with Gasteiger partial charge in [0.25, 0.3) is 0 Å². The molecule has 0 radical (unpaired) electrons. The van der Waals surface area contributed by atoms with E-state index in [1.54, 1.807) is 12.0 Å². The van der Waals surface area contributed by atoms with Crippen molar-refractivity contribution < 1.29 is 17.9 Å². The van der Waals surface area contributed by atoms with Crippen LogP contribution in [-0.4, -0.2) is 31.8 Å². The molecule has 0 atom stereocenters. The molecular weight excluding hydrogens is 283 g/mol. The van der Waals surface area contributed by atoms with Crippen LogP contribution in [0, 0.1) is 17.2 Å². The van der Waals surface area contributed by atoms with Crippen LogP contribution >= 0.6 is 0 Å². The van der Waals surface area contributed by atoms with Crippen LogP contribution in [-0.2, 0) is 10.9 Å². The molecule has 0 N–H and O–H groups in total.